The van der Waals surface area contributed by atoms with Crippen molar-refractivity contribution in [1.82, 2.24) is 10.0 Å². The number of nitrogens with one attached hydrogen (secondary N) is 2. The third-order valence-electron chi connectivity index (χ3n) is 4.43. The summed E-state index contributed by atoms with van der Waals surface area (Å²) >= 11 is 0. The van der Waals surface area contributed by atoms with Crippen LogP contribution in [0.2, 0.25) is 0 Å². The number of carbonyl (C=O) groups is 1. The first kappa shape index (κ1) is 21.9. The van der Waals surface area contributed by atoms with Gasteiger partial charge in [-0.05, 0) is 61.7 Å². The molecule has 1 amide bonds. The Morgan fingerprint density at radius 1 is 1.07 bits per heavy atom. The highest BCUT2D eigenvalue weighted by molar-refractivity contribution is 7.89. The largest absolute Gasteiger partial charge is 0.481 e. The molecule has 0 radical (unpaired) electrons. The van der Waals surface area contributed by atoms with E-state index in [4.69, 9.17) is 4.74 Å². The zero-order valence-corrected chi connectivity index (χ0v) is 17.8. The maximum atomic E-state index is 12.4. The number of hydrogen-bond donors (Lipinski definition) is 2. The van der Waals surface area contributed by atoms with Crippen LogP contribution in [0.3, 0.4) is 0 Å². The lowest BCUT2D eigenvalue weighted by Crippen LogP contribution is -2.36. The van der Waals surface area contributed by atoms with Gasteiger partial charge in [0.15, 0.2) is 6.10 Å². The first-order valence-corrected chi connectivity index (χ1v) is 10.7. The topological polar surface area (TPSA) is 84.5 Å². The van der Waals surface area contributed by atoms with E-state index in [0.29, 0.717) is 5.92 Å². The maximum Gasteiger partial charge on any atom is 0.261 e. The summed E-state index contributed by atoms with van der Waals surface area (Å²) < 4.78 is 31.7. The van der Waals surface area contributed by atoms with Crippen LogP contribution in [0.5, 0.6) is 5.75 Å². The van der Waals surface area contributed by atoms with Crippen molar-refractivity contribution in [1.29, 1.82) is 0 Å². The first-order valence-electron chi connectivity index (χ1n) is 9.21. The highest BCUT2D eigenvalue weighted by Crippen LogP contribution is 2.28. The van der Waals surface area contributed by atoms with Crippen LogP contribution in [0.1, 0.15) is 43.4 Å². The van der Waals surface area contributed by atoms with Crippen molar-refractivity contribution >= 4 is 15.9 Å². The summed E-state index contributed by atoms with van der Waals surface area (Å²) in [7, 11) is -2.10. The number of carbonyl (C=O) groups excluding carboxylic acids is 1. The van der Waals surface area contributed by atoms with Gasteiger partial charge in [-0.3, -0.25) is 4.79 Å². The second-order valence-corrected chi connectivity index (χ2v) is 8.91. The number of ether oxygens (including phenoxy) is 1. The third kappa shape index (κ3) is 5.56. The van der Waals surface area contributed by atoms with Gasteiger partial charge in [0, 0.05) is 6.54 Å². The molecule has 1 atom stereocenters. The van der Waals surface area contributed by atoms with E-state index in [1.165, 1.54) is 19.2 Å². The fourth-order valence-electron chi connectivity index (χ4n) is 2.70. The van der Waals surface area contributed by atoms with Crippen LogP contribution in [0, 0.1) is 6.92 Å². The van der Waals surface area contributed by atoms with Crippen molar-refractivity contribution in [3.63, 3.8) is 0 Å². The fourth-order valence-corrected chi connectivity index (χ4v) is 3.43. The number of benzene rings is 2. The Kier molecular flexibility index (Phi) is 7.21. The van der Waals surface area contributed by atoms with Gasteiger partial charge in [0.1, 0.15) is 5.75 Å². The van der Waals surface area contributed by atoms with E-state index >= 15 is 0 Å². The Bertz CT molecular complexity index is 922. The molecule has 2 aromatic rings. The van der Waals surface area contributed by atoms with Crippen LogP contribution in [-0.4, -0.2) is 27.5 Å². The van der Waals surface area contributed by atoms with Gasteiger partial charge in [0.05, 0.1) is 4.90 Å². The Morgan fingerprint density at radius 2 is 1.71 bits per heavy atom. The van der Waals surface area contributed by atoms with Crippen molar-refractivity contribution in [3.05, 3.63) is 59.2 Å². The minimum atomic E-state index is -3.47. The van der Waals surface area contributed by atoms with Crippen molar-refractivity contribution in [2.75, 3.05) is 7.05 Å². The molecule has 0 heterocycles. The van der Waals surface area contributed by atoms with Gasteiger partial charge >= 0.3 is 0 Å². The van der Waals surface area contributed by atoms with Gasteiger partial charge in [0.2, 0.25) is 10.0 Å². The van der Waals surface area contributed by atoms with Gasteiger partial charge < -0.3 is 10.1 Å². The minimum absolute atomic E-state index is 0.183. The summed E-state index contributed by atoms with van der Waals surface area (Å²) in [4.78, 5) is 12.6. The first-order chi connectivity index (χ1) is 13.1. The third-order valence-corrected chi connectivity index (χ3v) is 5.86. The van der Waals surface area contributed by atoms with Crippen LogP contribution in [-0.2, 0) is 21.4 Å². The molecule has 0 bridgehead atoms. The highest BCUT2D eigenvalue weighted by Gasteiger charge is 2.18. The number of hydrogen-bond acceptors (Lipinski definition) is 4. The zero-order valence-electron chi connectivity index (χ0n) is 16.9. The standard InChI is InChI=1S/C21H28N2O4S/c1-14(2)19-11-6-15(3)12-20(19)27-16(4)21(24)23-13-17-7-9-18(10-8-17)28(25,26)22-5/h6-12,14,16,22H,13H2,1-5H3,(H,23,24). The van der Waals surface area contributed by atoms with Crippen molar-refractivity contribution in [2.45, 2.75) is 51.2 Å². The molecule has 0 aliphatic carbocycles. The molecule has 2 aromatic carbocycles. The van der Waals surface area contributed by atoms with E-state index in [9.17, 15) is 13.2 Å². The molecule has 2 N–H and O–H groups in total. The van der Waals surface area contributed by atoms with Gasteiger partial charge in [-0.25, -0.2) is 13.1 Å². The predicted octanol–water partition coefficient (Wildman–Crippen LogP) is 3.11. The molecule has 152 valence electrons. The quantitative estimate of drug-likeness (QED) is 0.708. The lowest BCUT2D eigenvalue weighted by atomic mass is 10.0. The Morgan fingerprint density at radius 3 is 2.29 bits per heavy atom. The zero-order chi connectivity index (χ0) is 20.9. The number of rotatable bonds is 8. The summed E-state index contributed by atoms with van der Waals surface area (Å²) in [5, 5.41) is 2.83. The van der Waals surface area contributed by atoms with Crippen LogP contribution in [0.25, 0.3) is 0 Å². The molecule has 0 aliphatic rings. The Hall–Kier alpha value is -2.38. The monoisotopic (exact) mass is 404 g/mol. The Labute approximate surface area is 167 Å². The van der Waals surface area contributed by atoms with E-state index in [0.717, 1.165) is 22.4 Å². The average molecular weight is 405 g/mol. The Balaban J connectivity index is 1.99. The smallest absolute Gasteiger partial charge is 0.261 e. The summed E-state index contributed by atoms with van der Waals surface area (Å²) in [5.41, 5.74) is 2.93. The molecule has 6 nitrogen and oxygen atoms in total. The van der Waals surface area contributed by atoms with E-state index < -0.39 is 16.1 Å². The summed E-state index contributed by atoms with van der Waals surface area (Å²) in [5.74, 6) is 0.778. The van der Waals surface area contributed by atoms with Crippen LogP contribution < -0.4 is 14.8 Å². The van der Waals surface area contributed by atoms with Crippen molar-refractivity contribution < 1.29 is 17.9 Å². The van der Waals surface area contributed by atoms with E-state index in [1.54, 1.807) is 19.1 Å². The maximum absolute atomic E-state index is 12.4. The summed E-state index contributed by atoms with van der Waals surface area (Å²) in [6, 6.07) is 12.4. The van der Waals surface area contributed by atoms with Crippen LogP contribution >= 0.6 is 0 Å². The average Bonchev–Trinajstić information content (AvgIpc) is 2.66. The molecule has 0 aromatic heterocycles. The van der Waals surface area contributed by atoms with Crippen molar-refractivity contribution in [2.24, 2.45) is 0 Å². The number of amides is 1. The molecule has 28 heavy (non-hydrogen) atoms. The second-order valence-electron chi connectivity index (χ2n) is 7.03. The molecule has 0 aliphatic heterocycles. The molecule has 0 spiro atoms. The number of sulfonamides is 1. The molecule has 1 unspecified atom stereocenters. The molecular weight excluding hydrogens is 376 g/mol. The van der Waals surface area contributed by atoms with Gasteiger partial charge in [-0.1, -0.05) is 38.1 Å². The van der Waals surface area contributed by atoms with Gasteiger partial charge in [-0.2, -0.15) is 0 Å². The summed E-state index contributed by atoms with van der Waals surface area (Å²) in [6.45, 7) is 8.15. The van der Waals surface area contributed by atoms with E-state index in [1.807, 2.05) is 25.1 Å². The highest BCUT2D eigenvalue weighted by atomic mass is 32.2. The number of aryl methyl sites for hydroxylation is 1. The lowest BCUT2D eigenvalue weighted by Gasteiger charge is -2.19. The van der Waals surface area contributed by atoms with E-state index in [2.05, 4.69) is 23.9 Å². The van der Waals surface area contributed by atoms with Crippen LogP contribution in [0.4, 0.5) is 0 Å². The minimum Gasteiger partial charge on any atom is -0.481 e. The SMILES string of the molecule is CNS(=O)(=O)c1ccc(CNC(=O)C(C)Oc2cc(C)ccc2C(C)C)cc1. The molecule has 7 heteroatoms. The molecule has 0 fully saturated rings. The second kappa shape index (κ2) is 9.21. The molecule has 0 saturated carbocycles. The van der Waals surface area contributed by atoms with Gasteiger partial charge in [-0.15, -0.1) is 0 Å². The molecule has 2 rings (SSSR count). The van der Waals surface area contributed by atoms with Gasteiger partial charge in [0.25, 0.3) is 5.91 Å². The lowest BCUT2D eigenvalue weighted by molar-refractivity contribution is -0.127. The van der Waals surface area contributed by atoms with E-state index in [-0.39, 0.29) is 17.3 Å². The summed E-state index contributed by atoms with van der Waals surface area (Å²) in [6.07, 6.45) is -0.650. The van der Waals surface area contributed by atoms with Crippen molar-refractivity contribution in [3.8, 4) is 5.75 Å². The predicted molar refractivity (Wildman–Crippen MR) is 110 cm³/mol. The normalized spacial score (nSPS) is 12.6. The van der Waals surface area contributed by atoms with Crippen LogP contribution in [0.15, 0.2) is 47.4 Å². The fraction of sp³-hybridized carbons (Fsp3) is 0.381. The molecule has 0 saturated heterocycles. The molecular formula is C21H28N2O4S.